The highest BCUT2D eigenvalue weighted by Crippen LogP contribution is 2.30. The lowest BCUT2D eigenvalue weighted by atomic mass is 10.0. The van der Waals surface area contributed by atoms with Crippen LogP contribution in [0.4, 0.5) is 5.69 Å². The largest absolute Gasteiger partial charge is 0.424 e. The molecule has 0 aliphatic carbocycles. The topological polar surface area (TPSA) is 67.9 Å². The van der Waals surface area contributed by atoms with Gasteiger partial charge < -0.3 is 14.8 Å². The Hall–Kier alpha value is -2.70. The van der Waals surface area contributed by atoms with Crippen LogP contribution in [0, 0.1) is 0 Å². The molecule has 0 aromatic heterocycles. The van der Waals surface area contributed by atoms with E-state index in [1.807, 2.05) is 18.2 Å². The highest BCUT2D eigenvalue weighted by atomic mass is 16.5. The number of nitrogens with zero attached hydrogens (tertiary/aromatic N) is 1. The van der Waals surface area contributed by atoms with E-state index in [9.17, 15) is 9.59 Å². The van der Waals surface area contributed by atoms with E-state index in [0.29, 0.717) is 29.1 Å². The predicted molar refractivity (Wildman–Crippen MR) is 103 cm³/mol. The zero-order valence-corrected chi connectivity index (χ0v) is 15.4. The minimum Gasteiger partial charge on any atom is -0.424 e. The molecule has 0 unspecified atom stereocenters. The molecule has 1 aliphatic rings. The molecule has 1 aliphatic heterocycles. The molecule has 0 bridgehead atoms. The molecule has 0 amide bonds. The normalized spacial score (nSPS) is 14.6. The van der Waals surface area contributed by atoms with E-state index in [1.165, 1.54) is 6.92 Å². The Kier molecular flexibility index (Phi) is 6.57. The van der Waals surface area contributed by atoms with Crippen LogP contribution in [0.15, 0.2) is 48.5 Å². The highest BCUT2D eigenvalue weighted by Gasteiger charge is 2.19. The third-order valence-corrected chi connectivity index (χ3v) is 4.39. The zero-order chi connectivity index (χ0) is 19.1. The van der Waals surface area contributed by atoms with Gasteiger partial charge in [-0.15, -0.1) is 0 Å². The SMILES string of the molecule is CC(=O)Oc1cccc(C(=O)c2ccccc2)c1NCCN1CCOCC1. The van der Waals surface area contributed by atoms with E-state index >= 15 is 0 Å². The second-order valence-electron chi connectivity index (χ2n) is 6.35. The molecular formula is C21H24N2O4. The first-order valence-corrected chi connectivity index (χ1v) is 9.10. The van der Waals surface area contributed by atoms with Crippen LogP contribution < -0.4 is 10.1 Å². The number of benzene rings is 2. The number of ketones is 1. The average Bonchev–Trinajstić information content (AvgIpc) is 2.69. The van der Waals surface area contributed by atoms with Crippen molar-refractivity contribution in [3.8, 4) is 5.75 Å². The summed E-state index contributed by atoms with van der Waals surface area (Å²) >= 11 is 0. The maximum atomic E-state index is 13.0. The van der Waals surface area contributed by atoms with Crippen LogP contribution in [-0.2, 0) is 9.53 Å². The lowest BCUT2D eigenvalue weighted by molar-refractivity contribution is -0.131. The van der Waals surface area contributed by atoms with Crippen molar-refractivity contribution in [2.75, 3.05) is 44.7 Å². The van der Waals surface area contributed by atoms with Crippen LogP contribution in [0.1, 0.15) is 22.8 Å². The Morgan fingerprint density at radius 3 is 2.52 bits per heavy atom. The standard InChI is InChI=1S/C21H24N2O4/c1-16(24)27-19-9-5-8-18(21(25)17-6-3-2-4-7-17)20(19)22-10-11-23-12-14-26-15-13-23/h2-9,22H,10-15H2,1H3. The number of ether oxygens (including phenoxy) is 2. The van der Waals surface area contributed by atoms with Crippen molar-refractivity contribution in [1.82, 2.24) is 4.90 Å². The van der Waals surface area contributed by atoms with Gasteiger partial charge in [-0.3, -0.25) is 14.5 Å². The van der Waals surface area contributed by atoms with Crippen molar-refractivity contribution in [1.29, 1.82) is 0 Å². The first kappa shape index (κ1) is 19.1. The molecule has 6 heteroatoms. The summed E-state index contributed by atoms with van der Waals surface area (Å²) in [6.45, 7) is 6.06. The van der Waals surface area contributed by atoms with Crippen LogP contribution in [0.5, 0.6) is 5.75 Å². The minimum atomic E-state index is -0.421. The van der Waals surface area contributed by atoms with Crippen molar-refractivity contribution in [2.45, 2.75) is 6.92 Å². The number of hydrogen-bond acceptors (Lipinski definition) is 6. The molecule has 1 heterocycles. The molecule has 0 radical (unpaired) electrons. The Morgan fingerprint density at radius 1 is 1.07 bits per heavy atom. The number of carbonyl (C=O) groups is 2. The molecule has 1 N–H and O–H groups in total. The van der Waals surface area contributed by atoms with Gasteiger partial charge in [-0.05, 0) is 12.1 Å². The average molecular weight is 368 g/mol. The van der Waals surface area contributed by atoms with E-state index in [-0.39, 0.29) is 5.78 Å². The molecule has 3 rings (SSSR count). The van der Waals surface area contributed by atoms with Gasteiger partial charge in [0.05, 0.1) is 18.9 Å². The van der Waals surface area contributed by atoms with Gasteiger partial charge in [0.2, 0.25) is 0 Å². The number of nitrogens with one attached hydrogen (secondary N) is 1. The van der Waals surface area contributed by atoms with E-state index in [0.717, 1.165) is 32.8 Å². The third kappa shape index (κ3) is 5.15. The number of anilines is 1. The van der Waals surface area contributed by atoms with E-state index in [2.05, 4.69) is 10.2 Å². The molecule has 27 heavy (non-hydrogen) atoms. The van der Waals surface area contributed by atoms with Gasteiger partial charge in [0.25, 0.3) is 0 Å². The molecular weight excluding hydrogens is 344 g/mol. The molecule has 142 valence electrons. The molecule has 0 saturated carbocycles. The maximum absolute atomic E-state index is 13.0. The lowest BCUT2D eigenvalue weighted by Crippen LogP contribution is -2.39. The van der Waals surface area contributed by atoms with Gasteiger partial charge in [0.1, 0.15) is 0 Å². The molecule has 2 aromatic carbocycles. The number of morpholine rings is 1. The minimum absolute atomic E-state index is 0.113. The summed E-state index contributed by atoms with van der Waals surface area (Å²) in [5, 5.41) is 3.30. The van der Waals surface area contributed by atoms with Crippen LogP contribution in [0.2, 0.25) is 0 Å². The molecule has 1 fully saturated rings. The third-order valence-electron chi connectivity index (χ3n) is 4.39. The van der Waals surface area contributed by atoms with E-state index in [1.54, 1.807) is 30.3 Å². The van der Waals surface area contributed by atoms with Gasteiger partial charge in [0.15, 0.2) is 11.5 Å². The number of carbonyl (C=O) groups excluding carboxylic acids is 2. The summed E-state index contributed by atoms with van der Waals surface area (Å²) in [6, 6.07) is 14.2. The molecule has 2 aromatic rings. The number of para-hydroxylation sites is 1. The fourth-order valence-electron chi connectivity index (χ4n) is 3.05. The monoisotopic (exact) mass is 368 g/mol. The van der Waals surface area contributed by atoms with Gasteiger partial charge in [-0.25, -0.2) is 0 Å². The van der Waals surface area contributed by atoms with Gasteiger partial charge >= 0.3 is 5.97 Å². The predicted octanol–water partition coefficient (Wildman–Crippen LogP) is 2.59. The molecule has 0 atom stereocenters. The molecule has 0 spiro atoms. The van der Waals surface area contributed by atoms with Crippen LogP contribution in [0.3, 0.4) is 0 Å². The number of rotatable bonds is 7. The quantitative estimate of drug-likeness (QED) is 0.460. The fourth-order valence-corrected chi connectivity index (χ4v) is 3.05. The van der Waals surface area contributed by atoms with E-state index in [4.69, 9.17) is 9.47 Å². The van der Waals surface area contributed by atoms with Crippen LogP contribution >= 0.6 is 0 Å². The first-order chi connectivity index (χ1) is 13.1. The van der Waals surface area contributed by atoms with Crippen molar-refractivity contribution in [3.05, 3.63) is 59.7 Å². The van der Waals surface area contributed by atoms with Crippen molar-refractivity contribution >= 4 is 17.4 Å². The molecule has 6 nitrogen and oxygen atoms in total. The van der Waals surface area contributed by atoms with Crippen molar-refractivity contribution in [2.24, 2.45) is 0 Å². The fraction of sp³-hybridized carbons (Fsp3) is 0.333. The van der Waals surface area contributed by atoms with Crippen LogP contribution in [0.25, 0.3) is 0 Å². The van der Waals surface area contributed by atoms with Gasteiger partial charge in [-0.1, -0.05) is 36.4 Å². The summed E-state index contributed by atoms with van der Waals surface area (Å²) < 4.78 is 10.7. The van der Waals surface area contributed by atoms with Gasteiger partial charge in [0, 0.05) is 44.2 Å². The zero-order valence-electron chi connectivity index (χ0n) is 15.4. The van der Waals surface area contributed by atoms with Crippen molar-refractivity contribution in [3.63, 3.8) is 0 Å². The van der Waals surface area contributed by atoms with E-state index < -0.39 is 5.97 Å². The maximum Gasteiger partial charge on any atom is 0.308 e. The first-order valence-electron chi connectivity index (χ1n) is 9.10. The van der Waals surface area contributed by atoms with Gasteiger partial charge in [-0.2, -0.15) is 0 Å². The second-order valence-corrected chi connectivity index (χ2v) is 6.35. The summed E-state index contributed by atoms with van der Waals surface area (Å²) in [5.41, 5.74) is 1.63. The summed E-state index contributed by atoms with van der Waals surface area (Å²) in [6.07, 6.45) is 0. The van der Waals surface area contributed by atoms with Crippen LogP contribution in [-0.4, -0.2) is 56.0 Å². The highest BCUT2D eigenvalue weighted by molar-refractivity contribution is 6.13. The Bertz CT molecular complexity index is 786. The summed E-state index contributed by atoms with van der Waals surface area (Å²) in [5.74, 6) is -0.166. The Morgan fingerprint density at radius 2 is 1.81 bits per heavy atom. The number of hydrogen-bond donors (Lipinski definition) is 1. The lowest BCUT2D eigenvalue weighted by Gasteiger charge is -2.27. The smallest absolute Gasteiger partial charge is 0.308 e. The summed E-state index contributed by atoms with van der Waals surface area (Å²) in [4.78, 5) is 26.7. The van der Waals surface area contributed by atoms with Crippen molar-refractivity contribution < 1.29 is 19.1 Å². The Labute approximate surface area is 159 Å². The summed E-state index contributed by atoms with van der Waals surface area (Å²) in [7, 11) is 0. The molecule has 1 saturated heterocycles. The Balaban J connectivity index is 1.81. The number of esters is 1. The second kappa shape index (κ2) is 9.30.